The smallest absolute Gasteiger partial charge is 0.242 e. The molecule has 0 aromatic heterocycles. The van der Waals surface area contributed by atoms with E-state index in [4.69, 9.17) is 11.6 Å². The lowest BCUT2D eigenvalue weighted by atomic mass is 9.83. The lowest BCUT2D eigenvalue weighted by Gasteiger charge is -2.31. The maximum Gasteiger partial charge on any atom is 0.242 e. The molecule has 2 fully saturated rings. The molecule has 27 heavy (non-hydrogen) atoms. The van der Waals surface area contributed by atoms with E-state index < -0.39 is 0 Å². The van der Waals surface area contributed by atoms with E-state index in [0.29, 0.717) is 5.02 Å². The van der Waals surface area contributed by atoms with Crippen LogP contribution in [-0.2, 0) is 4.79 Å². The van der Waals surface area contributed by atoms with Gasteiger partial charge in [0, 0.05) is 23.0 Å². The standard InChI is InChI=1S/C21H24ClN3O2/c1-2-3-12-25-20(13-8-10-14(22)11-9-13)17-18(23-24-19(17)21(25)27)15-6-4-5-7-16(15)26/h4-11,17-20,23-24,26H,2-3,12H2,1H3. The van der Waals surface area contributed by atoms with Gasteiger partial charge >= 0.3 is 0 Å². The number of nitrogens with zero attached hydrogens (tertiary/aromatic N) is 1. The molecular formula is C21H24ClN3O2. The minimum atomic E-state index is -0.313. The van der Waals surface area contributed by atoms with Gasteiger partial charge in [-0.1, -0.05) is 55.3 Å². The molecule has 0 radical (unpaired) electrons. The van der Waals surface area contributed by atoms with Crippen LogP contribution in [0.3, 0.4) is 0 Å². The van der Waals surface area contributed by atoms with Gasteiger partial charge in [-0.15, -0.1) is 0 Å². The number of para-hydroxylation sites is 1. The number of hydrogen-bond donors (Lipinski definition) is 3. The van der Waals surface area contributed by atoms with E-state index in [1.807, 2.05) is 47.4 Å². The van der Waals surface area contributed by atoms with Gasteiger partial charge in [0.05, 0.1) is 12.1 Å². The number of benzene rings is 2. The van der Waals surface area contributed by atoms with E-state index in [-0.39, 0.29) is 35.7 Å². The number of nitrogens with one attached hydrogen (secondary N) is 2. The molecule has 142 valence electrons. The fourth-order valence-corrected chi connectivity index (χ4v) is 4.48. The molecule has 0 saturated carbocycles. The van der Waals surface area contributed by atoms with Gasteiger partial charge in [-0.2, -0.15) is 0 Å². The average molecular weight is 386 g/mol. The highest BCUT2D eigenvalue weighted by molar-refractivity contribution is 6.30. The Hall–Kier alpha value is -2.08. The molecule has 6 heteroatoms. The molecule has 4 atom stereocenters. The van der Waals surface area contributed by atoms with Crippen molar-refractivity contribution < 1.29 is 9.90 Å². The third-order valence-corrected chi connectivity index (χ3v) is 5.90. The summed E-state index contributed by atoms with van der Waals surface area (Å²) in [6.07, 6.45) is 1.99. The first-order valence-corrected chi connectivity index (χ1v) is 9.84. The number of hydrazine groups is 1. The van der Waals surface area contributed by atoms with Crippen molar-refractivity contribution in [3.8, 4) is 5.75 Å². The van der Waals surface area contributed by atoms with E-state index in [1.165, 1.54) is 0 Å². The van der Waals surface area contributed by atoms with E-state index >= 15 is 0 Å². The quantitative estimate of drug-likeness (QED) is 0.736. The van der Waals surface area contributed by atoms with Crippen LogP contribution in [0.4, 0.5) is 0 Å². The fraction of sp³-hybridized carbons (Fsp3) is 0.381. The van der Waals surface area contributed by atoms with Crippen molar-refractivity contribution >= 4 is 17.5 Å². The van der Waals surface area contributed by atoms with Gasteiger partial charge in [-0.3, -0.25) is 4.79 Å². The summed E-state index contributed by atoms with van der Waals surface area (Å²) in [5.41, 5.74) is 8.31. The highest BCUT2D eigenvalue weighted by atomic mass is 35.5. The van der Waals surface area contributed by atoms with Gasteiger partial charge in [-0.25, -0.2) is 10.9 Å². The van der Waals surface area contributed by atoms with Crippen LogP contribution in [0, 0.1) is 5.92 Å². The number of carbonyl (C=O) groups is 1. The molecule has 2 aromatic carbocycles. The van der Waals surface area contributed by atoms with Gasteiger partial charge in [0.2, 0.25) is 5.91 Å². The van der Waals surface area contributed by atoms with Crippen LogP contribution in [0.25, 0.3) is 0 Å². The number of halogens is 1. The van der Waals surface area contributed by atoms with Gasteiger partial charge in [0.25, 0.3) is 0 Å². The van der Waals surface area contributed by atoms with Crippen molar-refractivity contribution in [2.24, 2.45) is 5.92 Å². The second kappa shape index (κ2) is 7.50. The van der Waals surface area contributed by atoms with E-state index in [2.05, 4.69) is 17.8 Å². The minimum absolute atomic E-state index is 0.0242. The molecule has 5 nitrogen and oxygen atoms in total. The van der Waals surface area contributed by atoms with Gasteiger partial charge in [-0.05, 0) is 30.2 Å². The molecule has 2 saturated heterocycles. The Balaban J connectivity index is 1.76. The van der Waals surface area contributed by atoms with Crippen molar-refractivity contribution in [1.29, 1.82) is 0 Å². The number of carbonyl (C=O) groups excluding carboxylic acids is 1. The van der Waals surface area contributed by atoms with Crippen molar-refractivity contribution in [1.82, 2.24) is 15.8 Å². The third kappa shape index (κ3) is 3.20. The van der Waals surface area contributed by atoms with Crippen LogP contribution in [0.2, 0.25) is 5.02 Å². The number of unbranched alkanes of at least 4 members (excludes halogenated alkanes) is 1. The first-order chi connectivity index (χ1) is 13.1. The van der Waals surface area contributed by atoms with Crippen molar-refractivity contribution in [3.63, 3.8) is 0 Å². The van der Waals surface area contributed by atoms with Crippen molar-refractivity contribution in [2.45, 2.75) is 37.9 Å². The molecule has 0 aliphatic carbocycles. The summed E-state index contributed by atoms with van der Waals surface area (Å²) in [6, 6.07) is 14.5. The Bertz CT molecular complexity index is 826. The first kappa shape index (κ1) is 18.3. The number of aromatic hydroxyl groups is 1. The summed E-state index contributed by atoms with van der Waals surface area (Å²) in [6.45, 7) is 2.86. The minimum Gasteiger partial charge on any atom is -0.508 e. The molecule has 2 aliphatic heterocycles. The summed E-state index contributed by atoms with van der Waals surface area (Å²) < 4.78 is 0. The number of likely N-dealkylation sites (tertiary alicyclic amines) is 1. The fourth-order valence-electron chi connectivity index (χ4n) is 4.35. The second-order valence-corrected chi connectivity index (χ2v) is 7.70. The Kier molecular flexibility index (Phi) is 5.08. The van der Waals surface area contributed by atoms with Crippen LogP contribution in [-0.4, -0.2) is 28.5 Å². The zero-order valence-electron chi connectivity index (χ0n) is 15.2. The van der Waals surface area contributed by atoms with Gasteiger partial charge < -0.3 is 10.0 Å². The number of phenolic OH excluding ortho intramolecular Hbond substituents is 1. The lowest BCUT2D eigenvalue weighted by Crippen LogP contribution is -2.41. The summed E-state index contributed by atoms with van der Waals surface area (Å²) >= 11 is 6.09. The number of hydrogen-bond acceptors (Lipinski definition) is 4. The van der Waals surface area contributed by atoms with E-state index in [9.17, 15) is 9.90 Å². The Morgan fingerprint density at radius 1 is 1.07 bits per heavy atom. The number of phenols is 1. The second-order valence-electron chi connectivity index (χ2n) is 7.26. The number of rotatable bonds is 5. The summed E-state index contributed by atoms with van der Waals surface area (Å²) in [4.78, 5) is 15.1. The predicted molar refractivity (Wildman–Crippen MR) is 105 cm³/mol. The summed E-state index contributed by atoms with van der Waals surface area (Å²) in [7, 11) is 0. The van der Waals surface area contributed by atoms with Crippen LogP contribution in [0.1, 0.15) is 43.0 Å². The molecule has 2 aromatic rings. The van der Waals surface area contributed by atoms with Crippen molar-refractivity contribution in [2.75, 3.05) is 6.54 Å². The van der Waals surface area contributed by atoms with Crippen molar-refractivity contribution in [3.05, 3.63) is 64.7 Å². The zero-order valence-corrected chi connectivity index (χ0v) is 16.0. The number of amides is 1. The molecule has 1 amide bonds. The highest BCUT2D eigenvalue weighted by Gasteiger charge is 2.55. The lowest BCUT2D eigenvalue weighted by molar-refractivity contribution is -0.130. The highest BCUT2D eigenvalue weighted by Crippen LogP contribution is 2.48. The average Bonchev–Trinajstić information content (AvgIpc) is 3.21. The summed E-state index contributed by atoms with van der Waals surface area (Å²) in [5, 5.41) is 11.1. The molecular weight excluding hydrogens is 362 g/mol. The van der Waals surface area contributed by atoms with Crippen LogP contribution in [0.15, 0.2) is 48.5 Å². The van der Waals surface area contributed by atoms with E-state index in [1.54, 1.807) is 6.07 Å². The molecule has 0 bridgehead atoms. The molecule has 4 unspecified atom stereocenters. The monoisotopic (exact) mass is 385 g/mol. The normalized spacial score (nSPS) is 27.2. The van der Waals surface area contributed by atoms with E-state index in [0.717, 1.165) is 30.5 Å². The largest absolute Gasteiger partial charge is 0.508 e. The third-order valence-electron chi connectivity index (χ3n) is 5.65. The maximum absolute atomic E-state index is 13.1. The Morgan fingerprint density at radius 3 is 2.48 bits per heavy atom. The molecule has 3 N–H and O–H groups in total. The molecule has 0 spiro atoms. The van der Waals surface area contributed by atoms with Gasteiger partial charge in [0.1, 0.15) is 11.8 Å². The molecule has 4 rings (SSSR count). The zero-order chi connectivity index (χ0) is 19.0. The molecule has 2 heterocycles. The maximum atomic E-state index is 13.1. The Morgan fingerprint density at radius 2 is 1.78 bits per heavy atom. The SMILES string of the molecule is CCCCN1C(=O)C2NNC(c3ccccc3O)C2C1c1ccc(Cl)cc1. The topological polar surface area (TPSA) is 64.6 Å². The Labute approximate surface area is 164 Å². The van der Waals surface area contributed by atoms with Crippen LogP contribution < -0.4 is 10.9 Å². The first-order valence-electron chi connectivity index (χ1n) is 9.46. The van der Waals surface area contributed by atoms with Crippen LogP contribution >= 0.6 is 11.6 Å². The molecule has 2 aliphatic rings. The number of fused-ring (bicyclic) bond motifs is 1. The van der Waals surface area contributed by atoms with Crippen LogP contribution in [0.5, 0.6) is 5.75 Å². The van der Waals surface area contributed by atoms with Gasteiger partial charge in [0.15, 0.2) is 0 Å². The predicted octanol–water partition coefficient (Wildman–Crippen LogP) is 3.56. The summed E-state index contributed by atoms with van der Waals surface area (Å²) in [5.74, 6) is 0.328.